The van der Waals surface area contributed by atoms with Crippen LogP contribution in [0.25, 0.3) is 0 Å². The lowest BCUT2D eigenvalue weighted by Gasteiger charge is -2.39. The molecule has 3 atom stereocenters. The number of hydrogen-bond acceptors (Lipinski definition) is 4. The molecule has 1 saturated carbocycles. The fourth-order valence-corrected chi connectivity index (χ4v) is 3.79. The first-order valence-electron chi connectivity index (χ1n) is 6.18. The molecule has 5 heteroatoms. The molecule has 102 valence electrons. The van der Waals surface area contributed by atoms with E-state index < -0.39 is 15.4 Å². The molecule has 0 heterocycles. The fourth-order valence-electron chi connectivity index (χ4n) is 2.60. The number of rotatable bonds is 4. The molecule has 0 saturated heterocycles. The van der Waals surface area contributed by atoms with Crippen LogP contribution in [0.2, 0.25) is 0 Å². The zero-order valence-electron chi connectivity index (χ0n) is 11.3. The first-order valence-corrected chi connectivity index (χ1v) is 8.13. The number of sulfone groups is 1. The average molecular weight is 263 g/mol. The summed E-state index contributed by atoms with van der Waals surface area (Å²) in [5, 5.41) is -0.222. The van der Waals surface area contributed by atoms with Gasteiger partial charge in [-0.25, -0.2) is 8.42 Å². The second-order valence-corrected chi connectivity index (χ2v) is 8.04. The van der Waals surface area contributed by atoms with Crippen LogP contribution in [0.5, 0.6) is 0 Å². The van der Waals surface area contributed by atoms with Gasteiger partial charge >= 0.3 is 0 Å². The molecule has 0 spiro atoms. The van der Waals surface area contributed by atoms with Gasteiger partial charge in [0.1, 0.15) is 9.84 Å². The van der Waals surface area contributed by atoms with Crippen molar-refractivity contribution in [3.63, 3.8) is 0 Å². The quantitative estimate of drug-likeness (QED) is 0.831. The molecule has 0 radical (unpaired) electrons. The Hall–Kier alpha value is -0.130. The molecule has 0 aromatic rings. The third kappa shape index (κ3) is 3.66. The van der Waals surface area contributed by atoms with E-state index in [1.54, 1.807) is 7.11 Å². The van der Waals surface area contributed by atoms with Gasteiger partial charge in [0.2, 0.25) is 0 Å². The number of hydrogen-bond donors (Lipinski definition) is 1. The predicted molar refractivity (Wildman–Crippen MR) is 69.7 cm³/mol. The molecule has 0 aliphatic heterocycles. The monoisotopic (exact) mass is 263 g/mol. The zero-order chi connectivity index (χ0) is 13.3. The summed E-state index contributed by atoms with van der Waals surface area (Å²) in [6, 6.07) is -0.114. The molecular formula is C12H25NO3S. The van der Waals surface area contributed by atoms with Gasteiger partial charge in [0.25, 0.3) is 0 Å². The Balaban J connectivity index is 2.74. The predicted octanol–water partition coefficient (Wildman–Crippen LogP) is 1.34. The standard InChI is InChI=1S/C12H25NO3S/c1-12(2,16-3)11(13)9-6-5-7-10(8-9)17(4,14)15/h9-11H,5-8,13H2,1-4H3. The highest BCUT2D eigenvalue weighted by Gasteiger charge is 2.38. The maximum absolute atomic E-state index is 11.6. The van der Waals surface area contributed by atoms with Gasteiger partial charge in [-0.1, -0.05) is 6.42 Å². The van der Waals surface area contributed by atoms with Crippen molar-refractivity contribution in [2.75, 3.05) is 13.4 Å². The molecular weight excluding hydrogens is 238 g/mol. The fraction of sp³-hybridized carbons (Fsp3) is 1.00. The van der Waals surface area contributed by atoms with E-state index in [4.69, 9.17) is 10.5 Å². The smallest absolute Gasteiger partial charge is 0.150 e. The Morgan fingerprint density at radius 2 is 1.94 bits per heavy atom. The minimum absolute atomic E-state index is 0.114. The summed E-state index contributed by atoms with van der Waals surface area (Å²) in [4.78, 5) is 0. The van der Waals surface area contributed by atoms with E-state index in [2.05, 4.69) is 0 Å². The van der Waals surface area contributed by atoms with E-state index in [0.717, 1.165) is 19.3 Å². The maximum Gasteiger partial charge on any atom is 0.150 e. The number of nitrogens with two attached hydrogens (primary N) is 1. The van der Waals surface area contributed by atoms with Crippen LogP contribution in [0.4, 0.5) is 0 Å². The molecule has 2 N–H and O–H groups in total. The summed E-state index contributed by atoms with van der Waals surface area (Å²) in [6.45, 7) is 3.92. The average Bonchev–Trinajstić information content (AvgIpc) is 2.27. The lowest BCUT2D eigenvalue weighted by molar-refractivity contribution is -0.0200. The van der Waals surface area contributed by atoms with E-state index in [0.29, 0.717) is 6.42 Å². The second-order valence-electron chi connectivity index (χ2n) is 5.71. The first kappa shape index (κ1) is 14.9. The maximum atomic E-state index is 11.6. The van der Waals surface area contributed by atoms with Gasteiger partial charge < -0.3 is 10.5 Å². The molecule has 17 heavy (non-hydrogen) atoms. The van der Waals surface area contributed by atoms with Crippen molar-refractivity contribution in [3.8, 4) is 0 Å². The van der Waals surface area contributed by atoms with Crippen molar-refractivity contribution in [1.29, 1.82) is 0 Å². The second kappa shape index (κ2) is 5.24. The van der Waals surface area contributed by atoms with E-state index in [9.17, 15) is 8.42 Å². The van der Waals surface area contributed by atoms with Crippen LogP contribution in [-0.4, -0.2) is 38.7 Å². The minimum Gasteiger partial charge on any atom is -0.377 e. The Labute approximate surface area is 105 Å². The summed E-state index contributed by atoms with van der Waals surface area (Å²) in [5.41, 5.74) is 5.82. The molecule has 1 rings (SSSR count). The van der Waals surface area contributed by atoms with Crippen LogP contribution in [-0.2, 0) is 14.6 Å². The van der Waals surface area contributed by atoms with Crippen molar-refractivity contribution in [2.45, 2.75) is 56.4 Å². The van der Waals surface area contributed by atoms with Crippen molar-refractivity contribution in [3.05, 3.63) is 0 Å². The van der Waals surface area contributed by atoms with E-state index in [-0.39, 0.29) is 17.2 Å². The van der Waals surface area contributed by atoms with Crippen LogP contribution in [0.1, 0.15) is 39.5 Å². The van der Waals surface area contributed by atoms with Gasteiger partial charge in [-0.2, -0.15) is 0 Å². The Kier molecular flexibility index (Phi) is 4.60. The molecule has 4 nitrogen and oxygen atoms in total. The highest BCUT2D eigenvalue weighted by atomic mass is 32.2. The summed E-state index contributed by atoms with van der Waals surface area (Å²) >= 11 is 0. The largest absolute Gasteiger partial charge is 0.377 e. The van der Waals surface area contributed by atoms with Crippen LogP contribution in [0.3, 0.4) is 0 Å². The highest BCUT2D eigenvalue weighted by molar-refractivity contribution is 7.91. The molecule has 3 unspecified atom stereocenters. The van der Waals surface area contributed by atoms with Gasteiger partial charge in [-0.15, -0.1) is 0 Å². The molecule has 0 aromatic carbocycles. The van der Waals surface area contributed by atoms with E-state index >= 15 is 0 Å². The molecule has 0 aromatic heterocycles. The molecule has 1 fully saturated rings. The highest BCUT2D eigenvalue weighted by Crippen LogP contribution is 2.33. The van der Waals surface area contributed by atoms with Crippen molar-refractivity contribution < 1.29 is 13.2 Å². The molecule has 0 bridgehead atoms. The summed E-state index contributed by atoms with van der Waals surface area (Å²) in [6.07, 6.45) is 4.71. The molecule has 1 aliphatic rings. The number of methoxy groups -OCH3 is 1. The minimum atomic E-state index is -2.94. The van der Waals surface area contributed by atoms with Crippen LogP contribution in [0, 0.1) is 5.92 Å². The Morgan fingerprint density at radius 1 is 1.35 bits per heavy atom. The lowest BCUT2D eigenvalue weighted by atomic mass is 9.78. The SMILES string of the molecule is COC(C)(C)C(N)C1CCCC(S(C)(=O)=O)C1. The van der Waals surface area contributed by atoms with Gasteiger partial charge in [-0.05, 0) is 39.0 Å². The van der Waals surface area contributed by atoms with Gasteiger partial charge in [-0.3, -0.25) is 0 Å². The summed E-state index contributed by atoms with van der Waals surface area (Å²) < 4.78 is 28.6. The Bertz CT molecular complexity index is 351. The van der Waals surface area contributed by atoms with Gasteiger partial charge in [0.05, 0.1) is 10.9 Å². The van der Waals surface area contributed by atoms with Crippen molar-refractivity contribution >= 4 is 9.84 Å². The van der Waals surface area contributed by atoms with Crippen molar-refractivity contribution in [2.24, 2.45) is 11.7 Å². The van der Waals surface area contributed by atoms with Crippen LogP contribution < -0.4 is 5.73 Å². The third-order valence-electron chi connectivity index (χ3n) is 4.11. The first-order chi connectivity index (χ1) is 7.68. The summed E-state index contributed by atoms with van der Waals surface area (Å²) in [5.74, 6) is 0.235. The van der Waals surface area contributed by atoms with Gasteiger partial charge in [0.15, 0.2) is 0 Å². The lowest BCUT2D eigenvalue weighted by Crippen LogP contribution is -2.51. The van der Waals surface area contributed by atoms with Crippen LogP contribution in [0.15, 0.2) is 0 Å². The van der Waals surface area contributed by atoms with E-state index in [1.807, 2.05) is 13.8 Å². The van der Waals surface area contributed by atoms with Crippen molar-refractivity contribution in [1.82, 2.24) is 0 Å². The van der Waals surface area contributed by atoms with Crippen LogP contribution >= 0.6 is 0 Å². The zero-order valence-corrected chi connectivity index (χ0v) is 12.1. The molecule has 0 amide bonds. The van der Waals surface area contributed by atoms with Gasteiger partial charge in [0, 0.05) is 19.4 Å². The third-order valence-corrected chi connectivity index (χ3v) is 5.75. The molecule has 1 aliphatic carbocycles. The normalized spacial score (nSPS) is 29.0. The Morgan fingerprint density at radius 3 is 2.41 bits per heavy atom. The number of ether oxygens (including phenoxy) is 1. The summed E-state index contributed by atoms with van der Waals surface area (Å²) in [7, 11) is -1.29. The van der Waals surface area contributed by atoms with E-state index in [1.165, 1.54) is 6.26 Å². The topological polar surface area (TPSA) is 69.4 Å².